The van der Waals surface area contributed by atoms with Crippen molar-refractivity contribution in [3.63, 3.8) is 0 Å². The zero-order valence-electron chi connectivity index (χ0n) is 42.1. The molecule has 0 spiro atoms. The molecule has 19 nitrogen and oxygen atoms in total. The van der Waals surface area contributed by atoms with Crippen LogP contribution in [0.5, 0.6) is 17.2 Å². The molecule has 0 atom stereocenters. The van der Waals surface area contributed by atoms with Crippen LogP contribution in [0.25, 0.3) is 77.4 Å². The lowest BCUT2D eigenvalue weighted by Crippen LogP contribution is -2.13. The Bertz CT molecular complexity index is 4200. The van der Waals surface area contributed by atoms with Crippen molar-refractivity contribution in [3.05, 3.63) is 171 Å². The van der Waals surface area contributed by atoms with E-state index in [9.17, 15) is 19.5 Å². The molecule has 0 bridgehead atoms. The number of amides is 1. The number of nitrogens with one attached hydrogen (secondary N) is 2. The number of rotatable bonds is 10. The van der Waals surface area contributed by atoms with E-state index in [1.165, 1.54) is 34.5 Å². The Morgan fingerprint density at radius 3 is 1.35 bits per heavy atom. The van der Waals surface area contributed by atoms with Crippen LogP contribution in [-0.4, -0.2) is 86.3 Å². The molecule has 9 N–H and O–H groups in total. The lowest BCUT2D eigenvalue weighted by molar-refractivity contribution is 0.0596. The summed E-state index contributed by atoms with van der Waals surface area (Å²) in [5, 5.41) is 17.1. The number of H-pyrrole nitrogens is 1. The van der Waals surface area contributed by atoms with Gasteiger partial charge in [0.05, 0.1) is 78.8 Å². The first-order valence-electron chi connectivity index (χ1n) is 23.5. The zero-order valence-corrected chi connectivity index (χ0v) is 44.4. The molecule has 404 valence electrons. The summed E-state index contributed by atoms with van der Waals surface area (Å²) >= 11 is 18.3. The second kappa shape index (κ2) is 24.2. The summed E-state index contributed by atoms with van der Waals surface area (Å²) in [4.78, 5) is 65.4. The third-order valence-corrected chi connectivity index (χ3v) is 12.9. The van der Waals surface area contributed by atoms with Crippen LogP contribution in [-0.2, 0) is 4.74 Å². The number of hydrogen-bond acceptors (Lipinski definition) is 16. The molecule has 0 saturated heterocycles. The van der Waals surface area contributed by atoms with Crippen LogP contribution in [0, 0.1) is 0 Å². The van der Waals surface area contributed by atoms with E-state index >= 15 is 0 Å². The SMILES string of the molecule is C.COC(=O)c1cc(-c2nc(N)nc3ccc(Cl)cc23)ccc1OC.COc1ccc(-c2nc(N)nc3ccc(Cl)cc23)cc1C(=O)Nc1cccc2cc[nH]c12.COc1ccc(-c2nc(N)nc3ccc(Cl)cc23)cc1C(=O)O. The number of fused-ring (bicyclic) bond motifs is 4. The van der Waals surface area contributed by atoms with Gasteiger partial charge in [-0.2, -0.15) is 0 Å². The molecule has 11 rings (SSSR count). The van der Waals surface area contributed by atoms with Crippen molar-refractivity contribution in [1.82, 2.24) is 34.9 Å². The summed E-state index contributed by atoms with van der Waals surface area (Å²) in [5.41, 5.74) is 25.3. The van der Waals surface area contributed by atoms with E-state index in [-0.39, 0.29) is 42.5 Å². The predicted molar refractivity (Wildman–Crippen MR) is 314 cm³/mol. The molecule has 0 fully saturated rings. The van der Waals surface area contributed by atoms with Crippen molar-refractivity contribution >= 4 is 120 Å². The maximum Gasteiger partial charge on any atom is 0.341 e. The van der Waals surface area contributed by atoms with E-state index in [0.29, 0.717) is 99.1 Å². The highest BCUT2D eigenvalue weighted by Gasteiger charge is 2.21. The highest BCUT2D eigenvalue weighted by Crippen LogP contribution is 2.36. The van der Waals surface area contributed by atoms with Crippen molar-refractivity contribution in [3.8, 4) is 51.0 Å². The standard InChI is InChI=1S/C24H18ClN5O2.C17H14ClN3O3.C16H12ClN3O3.CH4/c1-32-20-8-5-14(21-16-12-15(25)6-7-18(16)29-24(26)30-21)11-17(20)23(31)28-19-4-2-3-13-9-10-27-22(13)19;1-23-14-6-3-9(7-12(14)16(22)24-2)15-11-8-10(18)4-5-13(11)20-17(19)21-15;1-23-13-5-2-8(6-11(13)15(21)22)14-10-7-9(17)3-4-12(10)19-16(18)20-14;/h2-12,27H,1H3,(H,28,31)(H2,26,29,30);3-8H,1-2H3,(H2,19,20,21);2-7H,1H3,(H,21,22)(H2,18,19,20);1H4. The summed E-state index contributed by atoms with van der Waals surface area (Å²) in [6.07, 6.45) is 1.83. The fourth-order valence-electron chi connectivity index (χ4n) is 8.57. The minimum Gasteiger partial charge on any atom is -0.496 e. The molecule has 0 unspecified atom stereocenters. The smallest absolute Gasteiger partial charge is 0.341 e. The number of halogens is 3. The van der Waals surface area contributed by atoms with Gasteiger partial charge in [0.25, 0.3) is 5.91 Å². The molecule has 0 aliphatic rings. The van der Waals surface area contributed by atoms with Crippen LogP contribution in [0.4, 0.5) is 23.5 Å². The van der Waals surface area contributed by atoms with Crippen LogP contribution in [0.2, 0.25) is 15.1 Å². The Hall–Kier alpha value is -9.82. The largest absolute Gasteiger partial charge is 0.496 e. The number of anilines is 4. The van der Waals surface area contributed by atoms with Crippen molar-refractivity contribution in [2.75, 3.05) is 51.0 Å². The number of methoxy groups -OCH3 is 4. The molecule has 0 aliphatic heterocycles. The minimum absolute atomic E-state index is 0. The second-order valence-electron chi connectivity index (χ2n) is 17.0. The van der Waals surface area contributed by atoms with E-state index < -0.39 is 11.9 Å². The molecule has 0 saturated carbocycles. The van der Waals surface area contributed by atoms with Crippen molar-refractivity contribution in [2.24, 2.45) is 0 Å². The number of nitrogen functional groups attached to an aromatic ring is 3. The van der Waals surface area contributed by atoms with Gasteiger partial charge in [0.1, 0.15) is 28.4 Å². The number of hydrogen-bond donors (Lipinski definition) is 6. The number of carboxylic acids is 1. The van der Waals surface area contributed by atoms with Gasteiger partial charge in [-0.05, 0) is 121 Å². The quantitative estimate of drug-likeness (QED) is 0.0694. The Morgan fingerprint density at radius 1 is 0.512 bits per heavy atom. The van der Waals surface area contributed by atoms with Gasteiger partial charge in [0.15, 0.2) is 0 Å². The molecule has 1 amide bonds. The molecule has 7 aromatic carbocycles. The topological polar surface area (TPSA) is 292 Å². The lowest BCUT2D eigenvalue weighted by atomic mass is 10.0. The number of aromatic amines is 1. The van der Waals surface area contributed by atoms with Gasteiger partial charge in [-0.25, -0.2) is 39.5 Å². The van der Waals surface area contributed by atoms with Crippen LogP contribution in [0.1, 0.15) is 38.5 Å². The monoisotopic (exact) mass is 1130 g/mol. The Kier molecular flexibility index (Phi) is 17.1. The number of nitrogens with two attached hydrogens (primary N) is 3. The number of carbonyl (C=O) groups is 3. The highest BCUT2D eigenvalue weighted by molar-refractivity contribution is 6.32. The van der Waals surface area contributed by atoms with Gasteiger partial charge in [0.2, 0.25) is 17.8 Å². The highest BCUT2D eigenvalue weighted by atomic mass is 35.5. The van der Waals surface area contributed by atoms with Crippen LogP contribution in [0.3, 0.4) is 0 Å². The van der Waals surface area contributed by atoms with E-state index in [1.54, 1.807) is 97.1 Å². The molecular weight excluding hydrogens is 1090 g/mol. The molecule has 4 aromatic heterocycles. The maximum atomic E-state index is 13.2. The number of esters is 1. The molecular formula is C58H48Cl3N11O8. The Labute approximate surface area is 471 Å². The first kappa shape index (κ1) is 56.4. The lowest BCUT2D eigenvalue weighted by Gasteiger charge is -2.13. The molecule has 80 heavy (non-hydrogen) atoms. The predicted octanol–water partition coefficient (Wildman–Crippen LogP) is 12.5. The summed E-state index contributed by atoms with van der Waals surface area (Å²) < 4.78 is 20.5. The second-order valence-corrected chi connectivity index (χ2v) is 18.3. The van der Waals surface area contributed by atoms with Gasteiger partial charge in [0, 0.05) is 59.5 Å². The van der Waals surface area contributed by atoms with Gasteiger partial charge in [-0.3, -0.25) is 4.79 Å². The number of benzene rings is 7. The fraction of sp³-hybridized carbons (Fsp3) is 0.0862. The van der Waals surface area contributed by atoms with Gasteiger partial charge < -0.3 is 51.6 Å². The third kappa shape index (κ3) is 12.0. The first-order valence-corrected chi connectivity index (χ1v) is 24.6. The van der Waals surface area contributed by atoms with Gasteiger partial charge >= 0.3 is 11.9 Å². The number of aromatic nitrogens is 7. The number of aromatic carboxylic acids is 1. The van der Waals surface area contributed by atoms with Gasteiger partial charge in [-0.15, -0.1) is 0 Å². The zero-order chi connectivity index (χ0) is 56.1. The van der Waals surface area contributed by atoms with E-state index in [1.807, 2.05) is 36.5 Å². The number of carbonyl (C=O) groups excluding carboxylic acids is 2. The number of carboxylic acid groups (broad SMARTS) is 1. The minimum atomic E-state index is -1.09. The molecule has 22 heteroatoms. The Morgan fingerprint density at radius 2 is 0.925 bits per heavy atom. The molecule has 11 aromatic rings. The number of ether oxygens (including phenoxy) is 4. The normalized spacial score (nSPS) is 10.7. The average molecular weight is 1130 g/mol. The summed E-state index contributed by atoms with van der Waals surface area (Å²) in [5.74, 6) is -0.413. The van der Waals surface area contributed by atoms with E-state index in [2.05, 4.69) is 40.2 Å². The first-order chi connectivity index (χ1) is 38.0. The van der Waals surface area contributed by atoms with Crippen LogP contribution in [0.15, 0.2) is 140 Å². The molecule has 0 radical (unpaired) electrons. The van der Waals surface area contributed by atoms with Crippen molar-refractivity contribution in [2.45, 2.75) is 7.43 Å². The third-order valence-electron chi connectivity index (χ3n) is 12.2. The summed E-state index contributed by atoms with van der Waals surface area (Å²) in [6.45, 7) is 0. The van der Waals surface area contributed by atoms with Crippen LogP contribution < -0.4 is 36.7 Å². The van der Waals surface area contributed by atoms with Crippen molar-refractivity contribution < 1.29 is 38.4 Å². The molecule has 4 heterocycles. The van der Waals surface area contributed by atoms with E-state index in [4.69, 9.17) is 71.0 Å². The summed E-state index contributed by atoms with van der Waals surface area (Å²) in [7, 11) is 5.74. The maximum absolute atomic E-state index is 13.2. The van der Waals surface area contributed by atoms with Crippen molar-refractivity contribution in [1.29, 1.82) is 0 Å². The fourth-order valence-corrected chi connectivity index (χ4v) is 9.09. The Balaban J connectivity index is 0.000000160. The average Bonchev–Trinajstić information content (AvgIpc) is 3.98. The number of nitrogens with zero attached hydrogens (tertiary/aromatic N) is 6. The number of para-hydroxylation sites is 1. The summed E-state index contributed by atoms with van der Waals surface area (Å²) in [6, 6.07) is 38.5. The van der Waals surface area contributed by atoms with E-state index in [0.717, 1.165) is 21.7 Å². The molecule has 0 aliphatic carbocycles. The van der Waals surface area contributed by atoms with Crippen LogP contribution >= 0.6 is 34.8 Å². The van der Waals surface area contributed by atoms with Gasteiger partial charge in [-0.1, -0.05) is 54.4 Å².